The van der Waals surface area contributed by atoms with Crippen LogP contribution in [0.25, 0.3) is 54.6 Å². The van der Waals surface area contributed by atoms with E-state index in [1.165, 1.54) is 15.6 Å². The fraction of sp³-hybridized carbons (Fsp3) is 0.433. The summed E-state index contributed by atoms with van der Waals surface area (Å²) < 4.78 is 37.2. The van der Waals surface area contributed by atoms with Gasteiger partial charge in [0.1, 0.15) is 47.6 Å². The number of halogens is 1. The minimum absolute atomic E-state index is 0.0357. The van der Waals surface area contributed by atoms with Crippen molar-refractivity contribution in [3.63, 3.8) is 0 Å². The lowest BCUT2D eigenvalue weighted by Crippen LogP contribution is -2.50. The maximum atomic E-state index is 16.2. The topological polar surface area (TPSA) is 231 Å². The molecule has 4 aromatic carbocycles. The van der Waals surface area contributed by atoms with Crippen molar-refractivity contribution in [2.45, 2.75) is 121 Å². The second-order valence-electron chi connectivity index (χ2n) is 22.7. The Labute approximate surface area is 471 Å². The Kier molecular flexibility index (Phi) is 14.2. The number of aliphatic hydroxyl groups is 2. The van der Waals surface area contributed by atoms with Gasteiger partial charge in [-0.3, -0.25) is 14.7 Å². The van der Waals surface area contributed by atoms with Crippen LogP contribution >= 0.6 is 11.3 Å². The summed E-state index contributed by atoms with van der Waals surface area (Å²) in [6.07, 6.45) is 6.91. The molecule has 5 aliphatic rings. The third kappa shape index (κ3) is 10.2. The van der Waals surface area contributed by atoms with Gasteiger partial charge in [-0.1, -0.05) is 67.6 Å². The number of piperazine rings is 1. The summed E-state index contributed by atoms with van der Waals surface area (Å²) in [6.45, 7) is 10.2. The SMILES string of the molecule is Cc1ncsc1-c1ccc(C(CO)NC(=O)C2CC(O)CN2C(=O)C(C(C)C)n2cc(-c3ccc(COc4c(-c5c(C)c(F)cc6[nH]ncc56)c(C5CC5)cc5c(N6CC7CC6CN7)nc(OC6CCOCC6)nc45)cc3)nn2)cc1. The van der Waals surface area contributed by atoms with Gasteiger partial charge < -0.3 is 44.9 Å². The highest BCUT2D eigenvalue weighted by molar-refractivity contribution is 7.13. The summed E-state index contributed by atoms with van der Waals surface area (Å²) in [6, 6.07) is 17.4. The van der Waals surface area contributed by atoms with Crippen molar-refractivity contribution < 1.29 is 38.4 Å². The van der Waals surface area contributed by atoms with Crippen LogP contribution in [0.2, 0.25) is 0 Å². The number of rotatable bonds is 17. The summed E-state index contributed by atoms with van der Waals surface area (Å²) in [5.41, 5.74) is 10.8. The Morgan fingerprint density at radius 3 is 2.46 bits per heavy atom. The van der Waals surface area contributed by atoms with Crippen molar-refractivity contribution in [2.75, 3.05) is 44.4 Å². The molecule has 420 valence electrons. The lowest BCUT2D eigenvalue weighted by atomic mass is 9.88. The highest BCUT2D eigenvalue weighted by atomic mass is 32.1. The number of thiazole rings is 1. The fourth-order valence-corrected chi connectivity index (χ4v) is 13.3. The highest BCUT2D eigenvalue weighted by Crippen LogP contribution is 2.54. The number of carbonyl (C=O) groups excluding carboxylic acids is 2. The average molecular weight is 1120 g/mol. The van der Waals surface area contributed by atoms with Crippen LogP contribution in [-0.2, 0) is 20.9 Å². The van der Waals surface area contributed by atoms with Crippen molar-refractivity contribution in [1.29, 1.82) is 0 Å². The molecule has 21 heteroatoms. The number of aliphatic hydroxyl groups excluding tert-OH is 2. The average Bonchev–Trinajstić information content (AvgIpc) is 3.89. The molecule has 6 atom stereocenters. The van der Waals surface area contributed by atoms with Gasteiger partial charge in [0.25, 0.3) is 0 Å². The van der Waals surface area contributed by atoms with Crippen molar-refractivity contribution in [3.05, 3.63) is 112 Å². The number of likely N-dealkylation sites (tertiary alicyclic amines) is 1. The van der Waals surface area contributed by atoms with E-state index in [4.69, 9.17) is 24.2 Å². The van der Waals surface area contributed by atoms with Gasteiger partial charge in [-0.2, -0.15) is 15.1 Å². The molecule has 8 heterocycles. The molecule has 2 bridgehead atoms. The van der Waals surface area contributed by atoms with Gasteiger partial charge in [0.2, 0.25) is 11.8 Å². The molecule has 6 unspecified atom stereocenters. The number of hydrogen-bond acceptors (Lipinski definition) is 16. The zero-order valence-electron chi connectivity index (χ0n) is 45.6. The number of anilines is 1. The van der Waals surface area contributed by atoms with E-state index in [1.54, 1.807) is 29.2 Å². The largest absolute Gasteiger partial charge is 0.486 e. The van der Waals surface area contributed by atoms with Crippen LogP contribution in [0.15, 0.2) is 78.6 Å². The third-order valence-electron chi connectivity index (χ3n) is 16.9. The first kappa shape index (κ1) is 52.9. The first-order valence-corrected chi connectivity index (χ1v) is 29.0. The normalized spacial score (nSPS) is 20.9. The number of fused-ring (bicyclic) bond motifs is 4. The summed E-state index contributed by atoms with van der Waals surface area (Å²) in [7, 11) is 0. The van der Waals surface area contributed by atoms with Crippen molar-refractivity contribution in [3.8, 4) is 44.6 Å². The second kappa shape index (κ2) is 21.8. The molecular weight excluding hydrogens is 1050 g/mol. The maximum Gasteiger partial charge on any atom is 0.319 e. The molecule has 1 saturated carbocycles. The smallest absolute Gasteiger partial charge is 0.319 e. The molecule has 4 saturated heterocycles. The highest BCUT2D eigenvalue weighted by Gasteiger charge is 2.44. The van der Waals surface area contributed by atoms with Crippen LogP contribution in [0.5, 0.6) is 11.8 Å². The van der Waals surface area contributed by atoms with Crippen molar-refractivity contribution in [1.82, 2.24) is 55.7 Å². The van der Waals surface area contributed by atoms with Crippen LogP contribution < -0.4 is 25.0 Å². The molecule has 1 aliphatic carbocycles. The number of benzene rings is 4. The predicted octanol–water partition coefficient (Wildman–Crippen LogP) is 7.88. The van der Waals surface area contributed by atoms with Gasteiger partial charge in [-0.25, -0.2) is 14.1 Å². The van der Waals surface area contributed by atoms with Crippen LogP contribution in [0.4, 0.5) is 10.2 Å². The van der Waals surface area contributed by atoms with E-state index in [0.29, 0.717) is 58.4 Å². The molecular formula is C60H65FN12O7S. The second-order valence-corrected chi connectivity index (χ2v) is 23.6. The lowest BCUT2D eigenvalue weighted by molar-refractivity contribution is -0.142. The Balaban J connectivity index is 0.785. The number of ether oxygens (including phenoxy) is 3. The zero-order valence-corrected chi connectivity index (χ0v) is 46.5. The predicted molar refractivity (Wildman–Crippen MR) is 303 cm³/mol. The van der Waals surface area contributed by atoms with Crippen LogP contribution in [-0.4, -0.2) is 137 Å². The number of carbonyl (C=O) groups is 2. The number of aryl methyl sites for hydroxylation is 1. The number of nitrogens with zero attached hydrogens (tertiary/aromatic N) is 9. The molecule has 19 nitrogen and oxygen atoms in total. The molecule has 5 N–H and O–H groups in total. The van der Waals surface area contributed by atoms with E-state index in [-0.39, 0.29) is 67.9 Å². The van der Waals surface area contributed by atoms with Crippen molar-refractivity contribution in [2.24, 2.45) is 5.92 Å². The number of hydrogen-bond donors (Lipinski definition) is 5. The number of aromatic amines is 1. The van der Waals surface area contributed by atoms with Crippen molar-refractivity contribution >= 4 is 50.8 Å². The minimum Gasteiger partial charge on any atom is -0.486 e. The van der Waals surface area contributed by atoms with E-state index >= 15 is 4.39 Å². The Bertz CT molecular complexity index is 3650. The molecule has 5 fully saturated rings. The number of H-pyrrole nitrogens is 1. The number of nitrogens with one attached hydrogen (secondary N) is 3. The standard InChI is InChI=1S/C60H65FN12O7S/c1-31(2)54(59(77)72-26-41(75)20-50(72)58(76)65-49(28-74)37-11-13-38(14-12-37)56-33(4)63-30-81-56)73-27-48(69-70-73)36-7-5-34(6-8-36)29-79-55-52(51-32(3)46(61)22-47-45(51)24-64-68-47)43(35-9-10-35)21-44-53(55)66-60(80-42-15-17-78-18-16-42)67-57(44)71-25-39-19-40(71)23-62-39/h5-8,11-14,21-22,24,27,30-31,35,39-42,49-50,54,62,74-75H,9-10,15-20,23,25-26,28-29H2,1-4H3,(H,64,68)(H,65,76). The van der Waals surface area contributed by atoms with Crippen LogP contribution in [0, 0.1) is 25.6 Å². The van der Waals surface area contributed by atoms with Crippen LogP contribution in [0.1, 0.15) is 98.3 Å². The zero-order chi connectivity index (χ0) is 55.6. The minimum atomic E-state index is -0.978. The van der Waals surface area contributed by atoms with Gasteiger partial charge in [-0.15, -0.1) is 16.4 Å². The van der Waals surface area contributed by atoms with Gasteiger partial charge in [0.05, 0.1) is 66.0 Å². The van der Waals surface area contributed by atoms with Crippen LogP contribution in [0.3, 0.4) is 0 Å². The van der Waals surface area contributed by atoms with E-state index in [9.17, 15) is 19.8 Å². The summed E-state index contributed by atoms with van der Waals surface area (Å²) >= 11 is 1.54. The van der Waals surface area contributed by atoms with Gasteiger partial charge in [0.15, 0.2) is 5.75 Å². The summed E-state index contributed by atoms with van der Waals surface area (Å²) in [5.74, 6) is 0.0881. The monoisotopic (exact) mass is 1120 g/mol. The molecule has 81 heavy (non-hydrogen) atoms. The number of amides is 2. The van der Waals surface area contributed by atoms with Gasteiger partial charge in [-0.05, 0) is 84.9 Å². The van der Waals surface area contributed by atoms with E-state index in [1.807, 2.05) is 76.2 Å². The quantitative estimate of drug-likeness (QED) is 0.0584. The maximum absolute atomic E-state index is 16.2. The molecule has 0 radical (unpaired) electrons. The Morgan fingerprint density at radius 1 is 0.963 bits per heavy atom. The lowest BCUT2D eigenvalue weighted by Gasteiger charge is -2.31. The summed E-state index contributed by atoms with van der Waals surface area (Å²) in [5, 5.41) is 46.0. The molecule has 4 aliphatic heterocycles. The molecule has 8 aromatic rings. The van der Waals surface area contributed by atoms with Gasteiger partial charge in [0, 0.05) is 78.4 Å². The summed E-state index contributed by atoms with van der Waals surface area (Å²) in [4.78, 5) is 48.3. The molecule has 2 amide bonds. The molecule has 0 spiro atoms. The number of β-amino-alcohol motifs (C(OH)–C–C–N with tert-alkyl or cyclic N) is 1. The molecule has 13 rings (SSSR count). The first-order chi connectivity index (χ1) is 39.4. The Morgan fingerprint density at radius 2 is 1.75 bits per heavy atom. The number of aromatic nitrogens is 8. The molecule has 4 aromatic heterocycles. The fourth-order valence-electron chi connectivity index (χ4n) is 12.5. The third-order valence-corrected chi connectivity index (χ3v) is 17.9. The van der Waals surface area contributed by atoms with E-state index in [2.05, 4.69) is 47.1 Å². The van der Waals surface area contributed by atoms with Gasteiger partial charge >= 0.3 is 6.01 Å². The van der Waals surface area contributed by atoms with E-state index in [0.717, 1.165) is 100 Å². The first-order valence-electron chi connectivity index (χ1n) is 28.2. The Hall–Kier alpha value is -7.43. The van der Waals surface area contributed by atoms with E-state index < -0.39 is 30.1 Å².